The zero-order valence-electron chi connectivity index (χ0n) is 12.5. The van der Waals surface area contributed by atoms with E-state index in [1.807, 2.05) is 11.8 Å². The molecule has 1 fully saturated rings. The molecule has 7 heteroatoms. The first kappa shape index (κ1) is 14.6. The second-order valence-corrected chi connectivity index (χ2v) is 5.29. The van der Waals surface area contributed by atoms with Crippen LogP contribution in [0.2, 0.25) is 0 Å². The predicted octanol–water partition coefficient (Wildman–Crippen LogP) is 1.21. The molecule has 1 saturated heterocycles. The van der Waals surface area contributed by atoms with E-state index in [-0.39, 0.29) is 11.7 Å². The lowest BCUT2D eigenvalue weighted by Crippen LogP contribution is -2.46. The third-order valence-corrected chi connectivity index (χ3v) is 3.79. The maximum absolute atomic E-state index is 14.3. The molecule has 0 saturated carbocycles. The molecule has 1 aliphatic heterocycles. The lowest BCUT2D eigenvalue weighted by Gasteiger charge is -2.35. The van der Waals surface area contributed by atoms with Crippen LogP contribution in [0.15, 0.2) is 29.3 Å². The smallest absolute Gasteiger partial charge is 0.291 e. The predicted molar refractivity (Wildman–Crippen MR) is 80.3 cm³/mol. The minimum atomic E-state index is -0.849. The Labute approximate surface area is 127 Å². The fraction of sp³-hybridized carbons (Fsp3) is 0.400. The van der Waals surface area contributed by atoms with Crippen LogP contribution >= 0.6 is 0 Å². The highest BCUT2D eigenvalue weighted by molar-refractivity contribution is 5.60. The van der Waals surface area contributed by atoms with Gasteiger partial charge in [0.15, 0.2) is 0 Å². The van der Waals surface area contributed by atoms with E-state index in [2.05, 4.69) is 9.97 Å². The van der Waals surface area contributed by atoms with Crippen LogP contribution in [0.1, 0.15) is 6.92 Å². The second kappa shape index (κ2) is 5.84. The summed E-state index contributed by atoms with van der Waals surface area (Å²) in [5.41, 5.74) is -0.0953. The summed E-state index contributed by atoms with van der Waals surface area (Å²) in [7, 11) is 1.53. The van der Waals surface area contributed by atoms with E-state index in [4.69, 9.17) is 4.74 Å². The van der Waals surface area contributed by atoms with Crippen molar-refractivity contribution in [2.24, 2.45) is 7.05 Å². The lowest BCUT2D eigenvalue weighted by atomic mass is 10.2. The van der Waals surface area contributed by atoms with E-state index < -0.39 is 11.4 Å². The van der Waals surface area contributed by atoms with Crippen LogP contribution < -0.4 is 10.5 Å². The molecule has 3 rings (SSSR count). The number of aromatic nitrogens is 3. The zero-order valence-corrected chi connectivity index (χ0v) is 12.5. The van der Waals surface area contributed by atoms with Crippen LogP contribution in [0.4, 0.5) is 10.3 Å². The van der Waals surface area contributed by atoms with Gasteiger partial charge in [0, 0.05) is 31.5 Å². The first-order chi connectivity index (χ1) is 10.6. The largest absolute Gasteiger partial charge is 0.377 e. The lowest BCUT2D eigenvalue weighted by molar-refractivity contribution is 0.0976. The molecule has 2 aromatic rings. The van der Waals surface area contributed by atoms with Crippen LogP contribution in [-0.2, 0) is 11.8 Å². The monoisotopic (exact) mass is 304 g/mol. The van der Waals surface area contributed by atoms with Crippen LogP contribution in [0.5, 0.6) is 0 Å². The minimum Gasteiger partial charge on any atom is -0.377 e. The Balaban J connectivity index is 2.15. The van der Waals surface area contributed by atoms with Gasteiger partial charge < -0.3 is 9.64 Å². The maximum atomic E-state index is 14.3. The quantitative estimate of drug-likeness (QED) is 0.834. The molecule has 0 radical (unpaired) electrons. The summed E-state index contributed by atoms with van der Waals surface area (Å²) < 4.78 is 21.0. The van der Waals surface area contributed by atoms with Gasteiger partial charge in [-0.25, -0.2) is 4.98 Å². The fourth-order valence-corrected chi connectivity index (χ4v) is 2.55. The van der Waals surface area contributed by atoms with Crippen molar-refractivity contribution in [2.45, 2.75) is 13.0 Å². The van der Waals surface area contributed by atoms with Crippen molar-refractivity contribution < 1.29 is 9.13 Å². The summed E-state index contributed by atoms with van der Waals surface area (Å²) in [4.78, 5) is 22.5. The van der Waals surface area contributed by atoms with Crippen LogP contribution in [0.3, 0.4) is 0 Å². The van der Waals surface area contributed by atoms with Gasteiger partial charge in [-0.3, -0.25) is 14.3 Å². The Hall–Kier alpha value is -2.28. The van der Waals surface area contributed by atoms with Gasteiger partial charge in [0.1, 0.15) is 5.69 Å². The summed E-state index contributed by atoms with van der Waals surface area (Å²) in [6, 6.07) is 3.34. The summed E-state index contributed by atoms with van der Waals surface area (Å²) >= 11 is 0. The van der Waals surface area contributed by atoms with E-state index in [0.717, 1.165) is 0 Å². The summed E-state index contributed by atoms with van der Waals surface area (Å²) in [6.07, 6.45) is 3.09. The highest BCUT2D eigenvalue weighted by atomic mass is 19.1. The molecule has 6 nitrogen and oxygen atoms in total. The van der Waals surface area contributed by atoms with Gasteiger partial charge in [-0.15, -0.1) is 0 Å². The molecule has 0 unspecified atom stereocenters. The first-order valence-electron chi connectivity index (χ1n) is 7.11. The van der Waals surface area contributed by atoms with Gasteiger partial charge in [-0.1, -0.05) is 0 Å². The highest BCUT2D eigenvalue weighted by Gasteiger charge is 2.25. The average molecular weight is 304 g/mol. The molecule has 0 amide bonds. The van der Waals surface area contributed by atoms with E-state index in [9.17, 15) is 9.18 Å². The molecule has 3 heterocycles. The average Bonchev–Trinajstić information content (AvgIpc) is 2.55. The molecule has 1 atom stereocenters. The van der Waals surface area contributed by atoms with Crippen molar-refractivity contribution in [3.8, 4) is 11.3 Å². The standard InChI is InChI=1S/C15H17FN4O2/c1-10-9-22-8-7-20(10)15-18-13(11-3-5-17-6-4-11)12(16)14(21)19(15)2/h3-6,10H,7-9H2,1-2H3/t10-/m1/s1. The van der Waals surface area contributed by atoms with Crippen molar-refractivity contribution in [2.75, 3.05) is 24.7 Å². The van der Waals surface area contributed by atoms with E-state index >= 15 is 0 Å². The van der Waals surface area contributed by atoms with Crippen LogP contribution in [-0.4, -0.2) is 40.3 Å². The van der Waals surface area contributed by atoms with Crippen LogP contribution in [0.25, 0.3) is 11.3 Å². The van der Waals surface area contributed by atoms with E-state index in [1.54, 1.807) is 24.5 Å². The normalized spacial score (nSPS) is 18.5. The van der Waals surface area contributed by atoms with Crippen molar-refractivity contribution in [3.63, 3.8) is 0 Å². The molecule has 0 bridgehead atoms. The number of halogens is 1. The molecule has 0 spiro atoms. The van der Waals surface area contributed by atoms with E-state index in [0.29, 0.717) is 31.3 Å². The van der Waals surface area contributed by atoms with E-state index in [1.165, 1.54) is 11.6 Å². The zero-order chi connectivity index (χ0) is 15.7. The molecule has 0 N–H and O–H groups in total. The van der Waals surface area contributed by atoms with Crippen LogP contribution in [0, 0.1) is 5.82 Å². The van der Waals surface area contributed by atoms with Crippen molar-refractivity contribution in [1.82, 2.24) is 14.5 Å². The van der Waals surface area contributed by atoms with Crippen molar-refractivity contribution in [3.05, 3.63) is 40.7 Å². The van der Waals surface area contributed by atoms with Gasteiger partial charge in [0.05, 0.1) is 19.3 Å². The minimum absolute atomic E-state index is 0.0548. The fourth-order valence-electron chi connectivity index (χ4n) is 2.55. The number of ether oxygens (including phenoxy) is 1. The molecule has 2 aromatic heterocycles. The number of hydrogen-bond donors (Lipinski definition) is 0. The first-order valence-corrected chi connectivity index (χ1v) is 7.11. The summed E-state index contributed by atoms with van der Waals surface area (Å²) in [6.45, 7) is 3.71. The van der Waals surface area contributed by atoms with Gasteiger partial charge >= 0.3 is 0 Å². The molecule has 1 aliphatic rings. The number of hydrogen-bond acceptors (Lipinski definition) is 5. The summed E-state index contributed by atoms with van der Waals surface area (Å²) in [5.74, 6) is -0.396. The topological polar surface area (TPSA) is 60.2 Å². The Bertz CT molecular complexity index is 732. The molecule has 116 valence electrons. The van der Waals surface area contributed by atoms with Crippen molar-refractivity contribution >= 4 is 5.95 Å². The van der Waals surface area contributed by atoms with Gasteiger partial charge in [0.2, 0.25) is 11.8 Å². The third kappa shape index (κ3) is 2.48. The van der Waals surface area contributed by atoms with Crippen molar-refractivity contribution in [1.29, 1.82) is 0 Å². The highest BCUT2D eigenvalue weighted by Crippen LogP contribution is 2.22. The summed E-state index contributed by atoms with van der Waals surface area (Å²) in [5, 5.41) is 0. The number of nitrogens with zero attached hydrogens (tertiary/aromatic N) is 4. The molecule has 0 aromatic carbocycles. The number of anilines is 1. The Morgan fingerprint density at radius 2 is 2.09 bits per heavy atom. The SMILES string of the molecule is C[C@@H]1COCCN1c1nc(-c2ccncc2)c(F)c(=O)n1C. The number of pyridine rings is 1. The Morgan fingerprint density at radius 1 is 1.36 bits per heavy atom. The van der Waals surface area contributed by atoms with Gasteiger partial charge in [0.25, 0.3) is 5.56 Å². The third-order valence-electron chi connectivity index (χ3n) is 3.79. The molecule has 0 aliphatic carbocycles. The molecule has 22 heavy (non-hydrogen) atoms. The molecular formula is C15H17FN4O2. The Morgan fingerprint density at radius 3 is 2.77 bits per heavy atom. The Kier molecular flexibility index (Phi) is 3.89. The number of morpholine rings is 1. The number of rotatable bonds is 2. The van der Waals surface area contributed by atoms with Gasteiger partial charge in [-0.05, 0) is 19.1 Å². The second-order valence-electron chi connectivity index (χ2n) is 5.29. The molecular weight excluding hydrogens is 287 g/mol. The maximum Gasteiger partial charge on any atom is 0.291 e. The van der Waals surface area contributed by atoms with Gasteiger partial charge in [-0.2, -0.15) is 4.39 Å².